The Labute approximate surface area is 208 Å². The van der Waals surface area contributed by atoms with Gasteiger partial charge in [-0.05, 0) is 37.6 Å². The number of halogens is 3. The first-order valence-electron chi connectivity index (χ1n) is 9.89. The number of nitrogens with zero attached hydrogens (tertiary/aromatic N) is 2. The average molecular weight is 532 g/mol. The van der Waals surface area contributed by atoms with E-state index in [2.05, 4.69) is 5.32 Å². The number of ether oxygens (including phenoxy) is 1. The van der Waals surface area contributed by atoms with Crippen LogP contribution in [0.2, 0.25) is 5.02 Å². The van der Waals surface area contributed by atoms with Gasteiger partial charge in [0.05, 0.1) is 28.4 Å². The Bertz CT molecular complexity index is 1150. The van der Waals surface area contributed by atoms with E-state index in [0.29, 0.717) is 15.6 Å². The molecular formula is C21H20Cl2FN3O6S. The summed E-state index contributed by atoms with van der Waals surface area (Å²) >= 11 is 12.6. The molecule has 0 radical (unpaired) electrons. The lowest BCUT2D eigenvalue weighted by Gasteiger charge is -2.12. The lowest BCUT2D eigenvalue weighted by atomic mass is 10.1. The van der Waals surface area contributed by atoms with Crippen molar-refractivity contribution in [1.29, 1.82) is 0 Å². The summed E-state index contributed by atoms with van der Waals surface area (Å²) in [6.45, 7) is 3.95. The highest BCUT2D eigenvalue weighted by Gasteiger charge is 2.40. The van der Waals surface area contributed by atoms with Crippen LogP contribution in [0, 0.1) is 20.2 Å². The van der Waals surface area contributed by atoms with E-state index in [1.807, 2.05) is 6.92 Å². The van der Waals surface area contributed by atoms with Crippen molar-refractivity contribution < 1.29 is 23.8 Å². The first kappa shape index (κ1) is 27.2. The molecule has 1 aromatic carbocycles. The molecule has 1 atom stereocenters. The minimum absolute atomic E-state index is 0.154. The second kappa shape index (κ2) is 11.9. The smallest absolute Gasteiger partial charge is 0.381 e. The monoisotopic (exact) mass is 531 g/mol. The molecule has 1 aliphatic carbocycles. The molecule has 9 nitrogen and oxygen atoms in total. The molecule has 13 heteroatoms. The number of anilines is 2. The van der Waals surface area contributed by atoms with Gasteiger partial charge in [-0.3, -0.25) is 20.2 Å². The number of hydrogen-bond donors (Lipinski definition) is 1. The van der Waals surface area contributed by atoms with Crippen LogP contribution in [0.3, 0.4) is 0 Å². The highest BCUT2D eigenvalue weighted by molar-refractivity contribution is 7.16. The minimum atomic E-state index is -2.46. The molecule has 182 valence electrons. The van der Waals surface area contributed by atoms with E-state index in [9.17, 15) is 29.4 Å². The second-order valence-electron chi connectivity index (χ2n) is 6.78. The first-order chi connectivity index (χ1) is 16.0. The molecule has 0 saturated carbocycles. The van der Waals surface area contributed by atoms with Crippen LogP contribution < -0.4 is 5.32 Å². The molecule has 1 N–H and O–H groups in total. The normalized spacial score (nSPS) is 16.7. The van der Waals surface area contributed by atoms with Gasteiger partial charge in [0.1, 0.15) is 10.7 Å². The number of nitrogens with one attached hydrogen (secondary N) is 1. The average Bonchev–Trinajstić information content (AvgIpc) is 3.20. The fraction of sp³-hybridized carbons (Fsp3) is 0.286. The zero-order valence-electron chi connectivity index (χ0n) is 18.0. The largest absolute Gasteiger partial charge is 0.462 e. The van der Waals surface area contributed by atoms with Crippen molar-refractivity contribution >= 4 is 56.9 Å². The lowest BCUT2D eigenvalue weighted by Crippen LogP contribution is -2.31. The lowest BCUT2D eigenvalue weighted by molar-refractivity contribution is -0.588. The summed E-state index contributed by atoms with van der Waals surface area (Å²) in [7, 11) is 0. The van der Waals surface area contributed by atoms with Gasteiger partial charge >= 0.3 is 11.8 Å². The number of nitro groups is 2. The Morgan fingerprint density at radius 2 is 1.97 bits per heavy atom. The van der Waals surface area contributed by atoms with Crippen molar-refractivity contribution in [2.24, 2.45) is 0 Å². The SMILES string of the molecule is CCOC(=O)c1cc(CC)sc1Nc1ccc(Cl)cc1[N+](=O)[O-].O=[N+]([O-])C1(F)C=CC(Cl)=CC1. The van der Waals surface area contributed by atoms with Crippen molar-refractivity contribution in [3.05, 3.63) is 83.2 Å². The molecular weight excluding hydrogens is 512 g/mol. The predicted octanol–water partition coefficient (Wildman–Crippen LogP) is 6.80. The van der Waals surface area contributed by atoms with Crippen LogP contribution in [0.4, 0.5) is 20.8 Å². The van der Waals surface area contributed by atoms with E-state index in [0.717, 1.165) is 17.4 Å². The predicted molar refractivity (Wildman–Crippen MR) is 130 cm³/mol. The topological polar surface area (TPSA) is 125 Å². The number of esters is 1. The molecule has 0 spiro atoms. The van der Waals surface area contributed by atoms with Gasteiger partial charge < -0.3 is 10.1 Å². The van der Waals surface area contributed by atoms with E-state index in [-0.39, 0.29) is 29.4 Å². The maximum atomic E-state index is 13.0. The van der Waals surface area contributed by atoms with Crippen LogP contribution in [0.25, 0.3) is 0 Å². The number of allylic oxidation sites excluding steroid dienone is 2. The zero-order valence-corrected chi connectivity index (χ0v) is 20.4. The summed E-state index contributed by atoms with van der Waals surface area (Å²) in [5.74, 6) is -2.92. The van der Waals surface area contributed by atoms with Gasteiger partial charge in [0.2, 0.25) is 0 Å². The van der Waals surface area contributed by atoms with Crippen molar-refractivity contribution in [2.45, 2.75) is 32.5 Å². The van der Waals surface area contributed by atoms with Crippen molar-refractivity contribution in [3.8, 4) is 0 Å². The van der Waals surface area contributed by atoms with Gasteiger partial charge in [-0.25, -0.2) is 4.79 Å². The summed E-state index contributed by atoms with van der Waals surface area (Å²) < 4.78 is 18.0. The highest BCUT2D eigenvalue weighted by Crippen LogP contribution is 2.36. The molecule has 1 unspecified atom stereocenters. The fourth-order valence-electron chi connectivity index (χ4n) is 2.67. The summed E-state index contributed by atoms with van der Waals surface area (Å²) in [6.07, 6.45) is 3.78. The van der Waals surface area contributed by atoms with Crippen LogP contribution in [0.15, 0.2) is 47.5 Å². The van der Waals surface area contributed by atoms with Crippen molar-refractivity contribution in [1.82, 2.24) is 0 Å². The Morgan fingerprint density at radius 1 is 1.26 bits per heavy atom. The highest BCUT2D eigenvalue weighted by atomic mass is 35.5. The van der Waals surface area contributed by atoms with Gasteiger partial charge in [0, 0.05) is 27.1 Å². The Balaban J connectivity index is 0.000000310. The Morgan fingerprint density at radius 3 is 2.50 bits per heavy atom. The number of nitro benzene ring substituents is 1. The number of alkyl halides is 1. The van der Waals surface area contributed by atoms with Crippen LogP contribution in [0.1, 0.15) is 35.5 Å². The Kier molecular flexibility index (Phi) is 9.54. The molecule has 0 bridgehead atoms. The second-order valence-corrected chi connectivity index (χ2v) is 8.78. The first-order valence-corrected chi connectivity index (χ1v) is 11.5. The van der Waals surface area contributed by atoms with Gasteiger partial charge in [-0.1, -0.05) is 36.2 Å². The molecule has 2 aromatic rings. The third kappa shape index (κ3) is 6.99. The number of carbonyl (C=O) groups is 1. The number of thiophene rings is 1. The molecule has 0 fully saturated rings. The van der Waals surface area contributed by atoms with Crippen LogP contribution in [0.5, 0.6) is 0 Å². The minimum Gasteiger partial charge on any atom is -0.462 e. The van der Waals surface area contributed by atoms with Gasteiger partial charge in [0.25, 0.3) is 5.69 Å². The van der Waals surface area contributed by atoms with E-state index in [4.69, 9.17) is 27.9 Å². The third-order valence-corrected chi connectivity index (χ3v) is 6.13. The van der Waals surface area contributed by atoms with Crippen molar-refractivity contribution in [3.63, 3.8) is 0 Å². The third-order valence-electron chi connectivity index (χ3n) is 4.42. The summed E-state index contributed by atoms with van der Waals surface area (Å²) in [4.78, 5) is 32.8. The maximum absolute atomic E-state index is 13.0. The number of hydrogen-bond acceptors (Lipinski definition) is 8. The summed E-state index contributed by atoms with van der Waals surface area (Å²) in [6, 6.07) is 6.07. The van der Waals surface area contributed by atoms with Crippen molar-refractivity contribution in [2.75, 3.05) is 11.9 Å². The molecule has 34 heavy (non-hydrogen) atoms. The molecule has 1 heterocycles. The molecule has 0 saturated heterocycles. The standard InChI is InChI=1S/C15H15ClN2O4S.C6H5ClFNO2/c1-3-10-8-11(15(19)22-4-2)14(23-10)17-12-6-5-9(16)7-13(12)18(20)21;7-5-1-3-6(8,4-2-5)9(10)11/h5-8,17H,3-4H2,1-2H3;1-3H,4H2. The van der Waals surface area contributed by atoms with E-state index < -0.39 is 21.6 Å². The summed E-state index contributed by atoms with van der Waals surface area (Å²) in [5.41, 5.74) is 0.492. The molecule has 0 aliphatic heterocycles. The number of carbonyl (C=O) groups excluding carboxylic acids is 1. The maximum Gasteiger partial charge on any atom is 0.381 e. The zero-order chi connectivity index (χ0) is 25.5. The number of benzene rings is 1. The molecule has 1 aromatic heterocycles. The van der Waals surface area contributed by atoms with Crippen LogP contribution >= 0.6 is 34.5 Å². The molecule has 3 rings (SSSR count). The van der Waals surface area contributed by atoms with E-state index in [1.54, 1.807) is 19.1 Å². The Hall–Kier alpha value is -3.02. The number of aryl methyl sites for hydroxylation is 1. The molecule has 0 amide bonds. The fourth-order valence-corrected chi connectivity index (χ4v) is 3.98. The summed E-state index contributed by atoms with van der Waals surface area (Å²) in [5, 5.41) is 25.3. The van der Waals surface area contributed by atoms with Gasteiger partial charge in [-0.15, -0.1) is 11.3 Å². The van der Waals surface area contributed by atoms with E-state index >= 15 is 0 Å². The van der Waals surface area contributed by atoms with Crippen LogP contribution in [-0.4, -0.2) is 28.2 Å². The number of rotatable bonds is 7. The van der Waals surface area contributed by atoms with Gasteiger partial charge in [0.15, 0.2) is 0 Å². The van der Waals surface area contributed by atoms with Gasteiger partial charge in [-0.2, -0.15) is 4.39 Å². The van der Waals surface area contributed by atoms with E-state index in [1.165, 1.54) is 35.6 Å². The molecule has 1 aliphatic rings. The quantitative estimate of drug-likeness (QED) is 0.180. The van der Waals surface area contributed by atoms with Crippen LogP contribution in [-0.2, 0) is 11.2 Å².